The molecule has 2 N–H and O–H groups in total. The van der Waals surface area contributed by atoms with Crippen molar-refractivity contribution in [2.75, 3.05) is 32.7 Å². The van der Waals surface area contributed by atoms with Crippen molar-refractivity contribution >= 4 is 17.7 Å². The van der Waals surface area contributed by atoms with Gasteiger partial charge < -0.3 is 15.5 Å². The number of carbonyl (C=O) groups excluding carboxylic acids is 3. The highest BCUT2D eigenvalue weighted by Gasteiger charge is 2.53. The standard InChI is InChI=1S/C24H36N4O3/c1-4-27(16-19-9-6-5-7-10-19)13-8-12-25-21(29)20-15-24(23(31)26-20)11-14-28(17-24)22(30)18(2)3/h5-7,9-10,18,20H,4,8,11-17H2,1-3H3,(H,25,29)(H,26,31)/t20-,24+/m0/s1. The summed E-state index contributed by atoms with van der Waals surface area (Å²) in [6, 6.07) is 9.87. The van der Waals surface area contributed by atoms with E-state index in [9.17, 15) is 14.4 Å². The lowest BCUT2D eigenvalue weighted by Gasteiger charge is -2.22. The van der Waals surface area contributed by atoms with Crippen LogP contribution >= 0.6 is 0 Å². The fraction of sp³-hybridized carbons (Fsp3) is 0.625. The number of rotatable bonds is 9. The topological polar surface area (TPSA) is 81.8 Å². The normalized spacial score (nSPS) is 23.1. The molecule has 31 heavy (non-hydrogen) atoms. The molecule has 2 heterocycles. The van der Waals surface area contributed by atoms with Gasteiger partial charge in [-0.15, -0.1) is 0 Å². The molecule has 7 nitrogen and oxygen atoms in total. The second-order valence-corrected chi connectivity index (χ2v) is 9.17. The van der Waals surface area contributed by atoms with E-state index in [2.05, 4.69) is 34.6 Å². The fourth-order valence-corrected chi connectivity index (χ4v) is 4.61. The summed E-state index contributed by atoms with van der Waals surface area (Å²) in [6.07, 6.45) is 1.95. The zero-order valence-corrected chi connectivity index (χ0v) is 19.0. The Balaban J connectivity index is 1.42. The predicted molar refractivity (Wildman–Crippen MR) is 120 cm³/mol. The molecule has 3 rings (SSSR count). The fourth-order valence-electron chi connectivity index (χ4n) is 4.61. The molecule has 0 saturated carbocycles. The maximum Gasteiger partial charge on any atom is 0.242 e. The average Bonchev–Trinajstić information content (AvgIpc) is 3.34. The average molecular weight is 429 g/mol. The molecule has 0 unspecified atom stereocenters. The Morgan fingerprint density at radius 3 is 2.71 bits per heavy atom. The first-order chi connectivity index (χ1) is 14.8. The third-order valence-electron chi connectivity index (χ3n) is 6.50. The van der Waals surface area contributed by atoms with Gasteiger partial charge in [0.15, 0.2) is 0 Å². The minimum atomic E-state index is -0.610. The molecule has 3 amide bonds. The molecular weight excluding hydrogens is 392 g/mol. The van der Waals surface area contributed by atoms with Gasteiger partial charge in [0.05, 0.1) is 5.41 Å². The van der Waals surface area contributed by atoms with Crippen molar-refractivity contribution in [2.45, 2.75) is 52.6 Å². The lowest BCUT2D eigenvalue weighted by Crippen LogP contribution is -2.42. The van der Waals surface area contributed by atoms with Crippen molar-refractivity contribution in [3.63, 3.8) is 0 Å². The first-order valence-corrected chi connectivity index (χ1v) is 11.5. The van der Waals surface area contributed by atoms with Crippen molar-refractivity contribution < 1.29 is 14.4 Å². The van der Waals surface area contributed by atoms with Gasteiger partial charge in [-0.1, -0.05) is 51.1 Å². The number of nitrogens with zero attached hydrogens (tertiary/aromatic N) is 2. The molecule has 1 spiro atoms. The molecule has 0 radical (unpaired) electrons. The van der Waals surface area contributed by atoms with Gasteiger partial charge in [-0.25, -0.2) is 0 Å². The van der Waals surface area contributed by atoms with Crippen LogP contribution in [0.25, 0.3) is 0 Å². The summed E-state index contributed by atoms with van der Waals surface area (Å²) in [7, 11) is 0. The van der Waals surface area contributed by atoms with Gasteiger partial charge in [0, 0.05) is 38.6 Å². The molecule has 170 valence electrons. The minimum absolute atomic E-state index is 0.0774. The smallest absolute Gasteiger partial charge is 0.242 e. The quantitative estimate of drug-likeness (QED) is 0.588. The Bertz CT molecular complexity index is 782. The van der Waals surface area contributed by atoms with Crippen molar-refractivity contribution in [1.29, 1.82) is 0 Å². The summed E-state index contributed by atoms with van der Waals surface area (Å²) in [5, 5.41) is 5.86. The van der Waals surface area contributed by atoms with Crippen LogP contribution in [0.4, 0.5) is 0 Å². The van der Waals surface area contributed by atoms with Crippen LogP contribution in [-0.4, -0.2) is 66.3 Å². The van der Waals surface area contributed by atoms with E-state index in [1.54, 1.807) is 4.90 Å². The van der Waals surface area contributed by atoms with Crippen molar-refractivity contribution in [3.8, 4) is 0 Å². The van der Waals surface area contributed by atoms with Gasteiger partial charge in [0.25, 0.3) is 0 Å². The Hall–Kier alpha value is -2.41. The third kappa shape index (κ3) is 5.64. The number of benzene rings is 1. The number of hydrogen-bond donors (Lipinski definition) is 2. The number of likely N-dealkylation sites (tertiary alicyclic amines) is 1. The molecule has 1 aromatic carbocycles. The molecule has 2 saturated heterocycles. The molecule has 0 aliphatic carbocycles. The van der Waals surface area contributed by atoms with E-state index in [0.29, 0.717) is 32.5 Å². The van der Waals surface area contributed by atoms with Crippen LogP contribution in [0.3, 0.4) is 0 Å². The van der Waals surface area contributed by atoms with Gasteiger partial charge in [0.2, 0.25) is 17.7 Å². The highest BCUT2D eigenvalue weighted by molar-refractivity contribution is 5.95. The largest absolute Gasteiger partial charge is 0.354 e. The Labute approximate surface area is 185 Å². The predicted octanol–water partition coefficient (Wildman–Crippen LogP) is 1.78. The molecule has 0 aromatic heterocycles. The second kappa shape index (κ2) is 10.3. The summed E-state index contributed by atoms with van der Waals surface area (Å²) in [4.78, 5) is 41.7. The summed E-state index contributed by atoms with van der Waals surface area (Å²) >= 11 is 0. The molecule has 2 atom stereocenters. The highest BCUT2D eigenvalue weighted by atomic mass is 16.2. The van der Waals surface area contributed by atoms with E-state index < -0.39 is 11.5 Å². The summed E-state index contributed by atoms with van der Waals surface area (Å²) in [6.45, 7) is 10.2. The van der Waals surface area contributed by atoms with E-state index in [1.807, 2.05) is 32.0 Å². The second-order valence-electron chi connectivity index (χ2n) is 9.17. The molecule has 2 fully saturated rings. The monoisotopic (exact) mass is 428 g/mol. The van der Waals surface area contributed by atoms with Gasteiger partial charge in [0.1, 0.15) is 6.04 Å². The van der Waals surface area contributed by atoms with E-state index in [-0.39, 0.29) is 23.6 Å². The summed E-state index contributed by atoms with van der Waals surface area (Å²) in [5.41, 5.74) is 0.676. The number of hydrogen-bond acceptors (Lipinski definition) is 4. The zero-order chi connectivity index (χ0) is 22.4. The molecular formula is C24H36N4O3. The van der Waals surface area contributed by atoms with E-state index in [0.717, 1.165) is 26.1 Å². The Kier molecular flexibility index (Phi) is 7.70. The lowest BCUT2D eigenvalue weighted by molar-refractivity contribution is -0.134. The molecule has 2 aliphatic rings. The molecule has 2 aliphatic heterocycles. The van der Waals surface area contributed by atoms with Crippen molar-refractivity contribution in [2.24, 2.45) is 11.3 Å². The summed E-state index contributed by atoms with van der Waals surface area (Å²) < 4.78 is 0. The Morgan fingerprint density at radius 1 is 1.29 bits per heavy atom. The first-order valence-electron chi connectivity index (χ1n) is 11.5. The van der Waals surface area contributed by atoms with E-state index in [4.69, 9.17) is 0 Å². The SMILES string of the molecule is CCN(CCCNC(=O)[C@@H]1C[C@@]2(CCN(C(=O)C(C)C)C2)C(=O)N1)Cc1ccccc1. The van der Waals surface area contributed by atoms with Crippen LogP contribution in [0.15, 0.2) is 30.3 Å². The van der Waals surface area contributed by atoms with Crippen LogP contribution in [0, 0.1) is 11.3 Å². The van der Waals surface area contributed by atoms with E-state index in [1.165, 1.54) is 5.56 Å². The van der Waals surface area contributed by atoms with Crippen LogP contribution in [0.2, 0.25) is 0 Å². The van der Waals surface area contributed by atoms with Crippen LogP contribution in [0.1, 0.15) is 45.6 Å². The van der Waals surface area contributed by atoms with Gasteiger partial charge in [-0.3, -0.25) is 19.3 Å². The number of nitrogens with one attached hydrogen (secondary N) is 2. The minimum Gasteiger partial charge on any atom is -0.354 e. The van der Waals surface area contributed by atoms with Crippen molar-refractivity contribution in [1.82, 2.24) is 20.4 Å². The lowest BCUT2D eigenvalue weighted by atomic mass is 9.84. The van der Waals surface area contributed by atoms with Crippen molar-refractivity contribution in [3.05, 3.63) is 35.9 Å². The zero-order valence-electron chi connectivity index (χ0n) is 19.0. The van der Waals surface area contributed by atoms with E-state index >= 15 is 0 Å². The van der Waals surface area contributed by atoms with Crippen LogP contribution in [-0.2, 0) is 20.9 Å². The molecule has 0 bridgehead atoms. The first kappa shape index (κ1) is 23.3. The van der Waals surface area contributed by atoms with Gasteiger partial charge >= 0.3 is 0 Å². The van der Waals surface area contributed by atoms with Crippen LogP contribution in [0.5, 0.6) is 0 Å². The highest BCUT2D eigenvalue weighted by Crippen LogP contribution is 2.39. The van der Waals surface area contributed by atoms with Crippen LogP contribution < -0.4 is 10.6 Å². The van der Waals surface area contributed by atoms with Gasteiger partial charge in [-0.2, -0.15) is 0 Å². The molecule has 1 aromatic rings. The maximum absolute atomic E-state index is 12.6. The third-order valence-corrected chi connectivity index (χ3v) is 6.50. The van der Waals surface area contributed by atoms with Gasteiger partial charge in [-0.05, 0) is 31.4 Å². The molecule has 7 heteroatoms. The Morgan fingerprint density at radius 2 is 2.03 bits per heavy atom. The summed E-state index contributed by atoms with van der Waals surface area (Å²) in [5.74, 6) is -0.214. The maximum atomic E-state index is 12.6. The number of carbonyl (C=O) groups is 3. The number of amides is 3.